The Morgan fingerprint density at radius 1 is 1.50 bits per heavy atom. The van der Waals surface area contributed by atoms with E-state index in [9.17, 15) is 4.79 Å². The van der Waals surface area contributed by atoms with Gasteiger partial charge in [-0.15, -0.1) is 11.6 Å². The molecule has 1 aliphatic carbocycles. The minimum atomic E-state index is -0.0764. The van der Waals surface area contributed by atoms with E-state index in [0.29, 0.717) is 23.8 Å². The van der Waals surface area contributed by atoms with Crippen molar-refractivity contribution in [2.75, 3.05) is 13.7 Å². The Bertz CT molecular complexity index is 481. The molecule has 1 aromatic rings. The number of hydrogen-bond donors (Lipinski definition) is 1. The Kier molecular flexibility index (Phi) is 5.73. The van der Waals surface area contributed by atoms with Crippen LogP contribution in [-0.2, 0) is 0 Å². The molecule has 1 N–H and O–H groups in total. The summed E-state index contributed by atoms with van der Waals surface area (Å²) in [5.41, 5.74) is 0.600. The van der Waals surface area contributed by atoms with Gasteiger partial charge in [0, 0.05) is 16.4 Å². The molecule has 5 heteroatoms. The van der Waals surface area contributed by atoms with E-state index < -0.39 is 0 Å². The van der Waals surface area contributed by atoms with Crippen LogP contribution in [0.2, 0.25) is 0 Å². The summed E-state index contributed by atoms with van der Waals surface area (Å²) >= 11 is 9.57. The second kappa shape index (κ2) is 7.32. The topological polar surface area (TPSA) is 38.3 Å². The summed E-state index contributed by atoms with van der Waals surface area (Å²) in [7, 11) is 1.59. The number of amides is 1. The van der Waals surface area contributed by atoms with Crippen LogP contribution in [-0.4, -0.2) is 24.9 Å². The minimum absolute atomic E-state index is 0.0764. The van der Waals surface area contributed by atoms with Gasteiger partial charge >= 0.3 is 0 Å². The van der Waals surface area contributed by atoms with Gasteiger partial charge in [0.25, 0.3) is 5.91 Å². The van der Waals surface area contributed by atoms with Gasteiger partial charge in [-0.05, 0) is 59.3 Å². The molecule has 0 bridgehead atoms. The summed E-state index contributed by atoms with van der Waals surface area (Å²) in [6.07, 6.45) is 4.37. The van der Waals surface area contributed by atoms with Gasteiger partial charge in [-0.1, -0.05) is 6.42 Å². The fraction of sp³-hybridized carbons (Fsp3) is 0.533. The van der Waals surface area contributed by atoms with Crippen LogP contribution in [0.1, 0.15) is 36.0 Å². The molecule has 2 rings (SSSR count). The first-order valence-corrected chi connectivity index (χ1v) is 8.09. The number of nitrogens with one attached hydrogen (secondary N) is 1. The quantitative estimate of drug-likeness (QED) is 0.825. The van der Waals surface area contributed by atoms with Crippen LogP contribution < -0.4 is 10.1 Å². The molecule has 0 spiro atoms. The smallest absolute Gasteiger partial charge is 0.252 e. The van der Waals surface area contributed by atoms with E-state index >= 15 is 0 Å². The van der Waals surface area contributed by atoms with Crippen LogP contribution in [0.5, 0.6) is 5.75 Å². The third-order valence-electron chi connectivity index (χ3n) is 3.69. The molecular weight excluding hydrogens is 342 g/mol. The molecule has 20 heavy (non-hydrogen) atoms. The Labute approximate surface area is 133 Å². The molecule has 1 fully saturated rings. The maximum absolute atomic E-state index is 12.2. The first kappa shape index (κ1) is 15.6. The predicted octanol–water partition coefficient (Wildman–Crippen LogP) is 3.99. The van der Waals surface area contributed by atoms with Crippen molar-refractivity contribution in [2.24, 2.45) is 5.92 Å². The van der Waals surface area contributed by atoms with E-state index in [-0.39, 0.29) is 11.3 Å². The average Bonchev–Trinajstić information content (AvgIpc) is 2.45. The lowest BCUT2D eigenvalue weighted by atomic mass is 9.89. The van der Waals surface area contributed by atoms with E-state index in [1.165, 1.54) is 0 Å². The van der Waals surface area contributed by atoms with Crippen molar-refractivity contribution < 1.29 is 9.53 Å². The average molecular weight is 361 g/mol. The Balaban J connectivity index is 1.94. The summed E-state index contributed by atoms with van der Waals surface area (Å²) in [5.74, 6) is 1.09. The normalized spacial score (nSPS) is 22.4. The molecule has 0 radical (unpaired) electrons. The number of rotatable bonds is 4. The lowest BCUT2D eigenvalue weighted by Gasteiger charge is -2.25. The number of alkyl halides is 1. The van der Waals surface area contributed by atoms with Gasteiger partial charge in [0.15, 0.2) is 0 Å². The fourth-order valence-corrected chi connectivity index (χ4v) is 3.38. The fourth-order valence-electron chi connectivity index (χ4n) is 2.55. The molecule has 0 aromatic heterocycles. The number of carbonyl (C=O) groups is 1. The SMILES string of the molecule is COc1ccc(Br)c(C(=O)NCC2CCCC(Cl)C2)c1. The van der Waals surface area contributed by atoms with Gasteiger partial charge in [-0.2, -0.15) is 0 Å². The largest absolute Gasteiger partial charge is 0.497 e. The summed E-state index contributed by atoms with van der Waals surface area (Å²) in [6, 6.07) is 5.38. The maximum atomic E-state index is 12.2. The van der Waals surface area contributed by atoms with Crippen molar-refractivity contribution in [3.8, 4) is 5.75 Å². The molecule has 0 saturated heterocycles. The second-order valence-electron chi connectivity index (χ2n) is 5.19. The van der Waals surface area contributed by atoms with Crippen LogP contribution in [0, 0.1) is 5.92 Å². The Morgan fingerprint density at radius 2 is 2.30 bits per heavy atom. The van der Waals surface area contributed by atoms with Crippen LogP contribution in [0.25, 0.3) is 0 Å². The zero-order chi connectivity index (χ0) is 14.5. The molecule has 3 nitrogen and oxygen atoms in total. The highest BCUT2D eigenvalue weighted by Gasteiger charge is 2.21. The monoisotopic (exact) mass is 359 g/mol. The number of ether oxygens (including phenoxy) is 1. The predicted molar refractivity (Wildman–Crippen MR) is 84.6 cm³/mol. The lowest BCUT2D eigenvalue weighted by molar-refractivity contribution is 0.0942. The molecule has 1 aromatic carbocycles. The van der Waals surface area contributed by atoms with Gasteiger partial charge in [-0.25, -0.2) is 0 Å². The highest BCUT2D eigenvalue weighted by atomic mass is 79.9. The van der Waals surface area contributed by atoms with Crippen LogP contribution >= 0.6 is 27.5 Å². The van der Waals surface area contributed by atoms with Gasteiger partial charge in [0.2, 0.25) is 0 Å². The van der Waals surface area contributed by atoms with Crippen molar-refractivity contribution in [3.05, 3.63) is 28.2 Å². The van der Waals surface area contributed by atoms with Crippen molar-refractivity contribution >= 4 is 33.4 Å². The lowest BCUT2D eigenvalue weighted by Crippen LogP contribution is -2.32. The highest BCUT2D eigenvalue weighted by Crippen LogP contribution is 2.27. The number of benzene rings is 1. The molecule has 0 heterocycles. The molecule has 0 aliphatic heterocycles. The first-order chi connectivity index (χ1) is 9.60. The zero-order valence-corrected chi connectivity index (χ0v) is 13.8. The van der Waals surface area contributed by atoms with Gasteiger partial charge < -0.3 is 10.1 Å². The standard InChI is InChI=1S/C15H19BrClNO2/c1-20-12-5-6-14(16)13(8-12)15(19)18-9-10-3-2-4-11(17)7-10/h5-6,8,10-11H,2-4,7,9H2,1H3,(H,18,19). The summed E-state index contributed by atoms with van der Waals surface area (Å²) in [6.45, 7) is 0.686. The van der Waals surface area contributed by atoms with Crippen LogP contribution in [0.4, 0.5) is 0 Å². The molecule has 2 atom stereocenters. The molecule has 1 amide bonds. The van der Waals surface area contributed by atoms with Crippen molar-refractivity contribution in [3.63, 3.8) is 0 Å². The van der Waals surface area contributed by atoms with E-state index in [1.54, 1.807) is 13.2 Å². The molecule has 1 saturated carbocycles. The molecular formula is C15H19BrClNO2. The number of halogens is 2. The Hall–Kier alpha value is -0.740. The number of hydrogen-bond acceptors (Lipinski definition) is 2. The van der Waals surface area contributed by atoms with Crippen LogP contribution in [0.15, 0.2) is 22.7 Å². The highest BCUT2D eigenvalue weighted by molar-refractivity contribution is 9.10. The summed E-state index contributed by atoms with van der Waals surface area (Å²) < 4.78 is 5.92. The molecule has 110 valence electrons. The van der Waals surface area contributed by atoms with Crippen LogP contribution in [0.3, 0.4) is 0 Å². The zero-order valence-electron chi connectivity index (χ0n) is 11.5. The van der Waals surface area contributed by atoms with Crippen molar-refractivity contribution in [2.45, 2.75) is 31.1 Å². The number of carbonyl (C=O) groups excluding carboxylic acids is 1. The van der Waals surface area contributed by atoms with Gasteiger partial charge in [0.1, 0.15) is 5.75 Å². The molecule has 1 aliphatic rings. The van der Waals surface area contributed by atoms with Crippen molar-refractivity contribution in [1.82, 2.24) is 5.32 Å². The van der Waals surface area contributed by atoms with Gasteiger partial charge in [0.05, 0.1) is 12.7 Å². The van der Waals surface area contributed by atoms with E-state index in [4.69, 9.17) is 16.3 Å². The third kappa shape index (κ3) is 4.13. The Morgan fingerprint density at radius 3 is 3.00 bits per heavy atom. The maximum Gasteiger partial charge on any atom is 0.252 e. The molecule has 2 unspecified atom stereocenters. The van der Waals surface area contributed by atoms with Gasteiger partial charge in [-0.3, -0.25) is 4.79 Å². The second-order valence-corrected chi connectivity index (χ2v) is 6.66. The minimum Gasteiger partial charge on any atom is -0.497 e. The number of methoxy groups -OCH3 is 1. The van der Waals surface area contributed by atoms with E-state index in [1.807, 2.05) is 12.1 Å². The first-order valence-electron chi connectivity index (χ1n) is 6.86. The van der Waals surface area contributed by atoms with Crippen molar-refractivity contribution in [1.29, 1.82) is 0 Å². The summed E-state index contributed by atoms with van der Waals surface area (Å²) in [5, 5.41) is 3.26. The third-order valence-corrected chi connectivity index (χ3v) is 4.78. The summed E-state index contributed by atoms with van der Waals surface area (Å²) in [4.78, 5) is 12.2. The van der Waals surface area contributed by atoms with E-state index in [0.717, 1.165) is 30.2 Å². The van der Waals surface area contributed by atoms with E-state index in [2.05, 4.69) is 21.2 Å².